The van der Waals surface area contributed by atoms with Crippen molar-refractivity contribution in [3.05, 3.63) is 54.1 Å². The van der Waals surface area contributed by atoms with E-state index in [1.807, 2.05) is 24.3 Å². The molecule has 0 unspecified atom stereocenters. The number of hydrogen-bond donors (Lipinski definition) is 1. The van der Waals surface area contributed by atoms with Gasteiger partial charge in [0.15, 0.2) is 0 Å². The average Bonchev–Trinajstić information content (AvgIpc) is 2.60. The summed E-state index contributed by atoms with van der Waals surface area (Å²) in [6.07, 6.45) is 0.858. The molecular weight excluding hydrogens is 340 g/mol. The zero-order valence-electron chi connectivity index (χ0n) is 14.5. The molecule has 0 saturated heterocycles. The fourth-order valence-electron chi connectivity index (χ4n) is 2.25. The molecule has 0 atom stereocenters. The molecule has 0 bridgehead atoms. The molecule has 0 heterocycles. The maximum atomic E-state index is 12.1. The highest BCUT2D eigenvalue weighted by Crippen LogP contribution is 2.19. The summed E-state index contributed by atoms with van der Waals surface area (Å²) in [5.74, 6) is 0.571. The van der Waals surface area contributed by atoms with Crippen molar-refractivity contribution in [1.82, 2.24) is 4.31 Å². The first-order chi connectivity index (χ1) is 11.8. The predicted molar refractivity (Wildman–Crippen MR) is 97.3 cm³/mol. The minimum atomic E-state index is -3.53. The Morgan fingerprint density at radius 2 is 1.84 bits per heavy atom. The summed E-state index contributed by atoms with van der Waals surface area (Å²) in [7, 11) is 1.00. The first-order valence-corrected chi connectivity index (χ1v) is 9.22. The number of ether oxygens (including phenoxy) is 1. The highest BCUT2D eigenvalue weighted by atomic mass is 32.2. The maximum Gasteiger partial charge on any atom is 0.242 e. The summed E-state index contributed by atoms with van der Waals surface area (Å²) in [4.78, 5) is 12.3. The van der Waals surface area contributed by atoms with E-state index in [-0.39, 0.29) is 17.2 Å². The summed E-state index contributed by atoms with van der Waals surface area (Å²) in [6.45, 7) is 0. The van der Waals surface area contributed by atoms with E-state index in [0.717, 1.165) is 15.6 Å². The van der Waals surface area contributed by atoms with Gasteiger partial charge in [-0.15, -0.1) is 0 Å². The predicted octanol–water partition coefficient (Wildman–Crippen LogP) is 2.52. The summed E-state index contributed by atoms with van der Waals surface area (Å²) in [5.41, 5.74) is 1.46. The SMILES string of the molecule is COc1cccc(CCC(=O)Nc2cccc(S(=O)(=O)N(C)C)c2)c1. The number of anilines is 1. The monoisotopic (exact) mass is 362 g/mol. The lowest BCUT2D eigenvalue weighted by atomic mass is 10.1. The average molecular weight is 362 g/mol. The Kier molecular flexibility index (Phi) is 6.17. The van der Waals surface area contributed by atoms with Crippen molar-refractivity contribution >= 4 is 21.6 Å². The second-order valence-corrected chi connectivity index (χ2v) is 7.87. The number of nitrogens with one attached hydrogen (secondary N) is 1. The minimum Gasteiger partial charge on any atom is -0.497 e. The highest BCUT2D eigenvalue weighted by molar-refractivity contribution is 7.89. The van der Waals surface area contributed by atoms with Gasteiger partial charge in [-0.05, 0) is 42.3 Å². The molecule has 6 nitrogen and oxygen atoms in total. The zero-order chi connectivity index (χ0) is 18.4. The molecule has 0 fully saturated rings. The number of sulfonamides is 1. The number of methoxy groups -OCH3 is 1. The third-order valence-corrected chi connectivity index (χ3v) is 5.48. The van der Waals surface area contributed by atoms with Crippen molar-refractivity contribution in [2.24, 2.45) is 0 Å². The number of amides is 1. The van der Waals surface area contributed by atoms with Crippen LogP contribution in [0.1, 0.15) is 12.0 Å². The van der Waals surface area contributed by atoms with E-state index in [0.29, 0.717) is 12.1 Å². The van der Waals surface area contributed by atoms with Crippen molar-refractivity contribution in [2.45, 2.75) is 17.7 Å². The summed E-state index contributed by atoms with van der Waals surface area (Å²) in [6, 6.07) is 13.8. The second kappa shape index (κ2) is 8.13. The molecule has 25 heavy (non-hydrogen) atoms. The van der Waals surface area contributed by atoms with Gasteiger partial charge in [0, 0.05) is 26.2 Å². The Morgan fingerprint density at radius 3 is 2.52 bits per heavy atom. The minimum absolute atomic E-state index is 0.142. The molecule has 2 rings (SSSR count). The van der Waals surface area contributed by atoms with Gasteiger partial charge in [-0.2, -0.15) is 0 Å². The molecule has 0 aliphatic rings. The normalized spacial score (nSPS) is 11.4. The van der Waals surface area contributed by atoms with E-state index in [1.165, 1.54) is 26.2 Å². The number of aryl methyl sites for hydroxylation is 1. The number of carbonyl (C=O) groups is 1. The maximum absolute atomic E-state index is 12.1. The van der Waals surface area contributed by atoms with E-state index in [2.05, 4.69) is 5.32 Å². The van der Waals surface area contributed by atoms with E-state index in [1.54, 1.807) is 19.2 Å². The van der Waals surface area contributed by atoms with Gasteiger partial charge in [0.1, 0.15) is 5.75 Å². The molecule has 134 valence electrons. The molecule has 7 heteroatoms. The Hall–Kier alpha value is -2.38. The van der Waals surface area contributed by atoms with Gasteiger partial charge >= 0.3 is 0 Å². The molecule has 0 aromatic heterocycles. The molecular formula is C18H22N2O4S. The largest absolute Gasteiger partial charge is 0.497 e. The topological polar surface area (TPSA) is 75.7 Å². The number of hydrogen-bond acceptors (Lipinski definition) is 4. The summed E-state index contributed by atoms with van der Waals surface area (Å²) in [5, 5.41) is 2.74. The van der Waals surface area contributed by atoms with E-state index in [4.69, 9.17) is 4.74 Å². The van der Waals surface area contributed by atoms with Crippen LogP contribution in [0, 0.1) is 0 Å². The molecule has 1 amide bonds. The fourth-order valence-corrected chi connectivity index (χ4v) is 3.20. The Balaban J connectivity index is 2.01. The lowest BCUT2D eigenvalue weighted by Crippen LogP contribution is -2.22. The zero-order valence-corrected chi connectivity index (χ0v) is 15.3. The lowest BCUT2D eigenvalue weighted by molar-refractivity contribution is -0.116. The van der Waals surface area contributed by atoms with Crippen molar-refractivity contribution in [3.8, 4) is 5.75 Å². The van der Waals surface area contributed by atoms with Crippen LogP contribution >= 0.6 is 0 Å². The number of nitrogens with zero attached hydrogens (tertiary/aromatic N) is 1. The third kappa shape index (κ3) is 5.04. The number of rotatable bonds is 7. The van der Waals surface area contributed by atoms with Gasteiger partial charge in [0.25, 0.3) is 0 Å². The van der Waals surface area contributed by atoms with E-state index >= 15 is 0 Å². The van der Waals surface area contributed by atoms with Crippen molar-refractivity contribution in [3.63, 3.8) is 0 Å². The van der Waals surface area contributed by atoms with Crippen LogP contribution in [0.4, 0.5) is 5.69 Å². The molecule has 0 aliphatic heterocycles. The van der Waals surface area contributed by atoms with Crippen molar-refractivity contribution in [1.29, 1.82) is 0 Å². The Bertz CT molecular complexity index is 848. The third-order valence-electron chi connectivity index (χ3n) is 3.67. The van der Waals surface area contributed by atoms with E-state index < -0.39 is 10.0 Å². The van der Waals surface area contributed by atoms with Crippen LogP contribution in [0.3, 0.4) is 0 Å². The Labute approximate surface area is 148 Å². The fraction of sp³-hybridized carbons (Fsp3) is 0.278. The van der Waals surface area contributed by atoms with Crippen molar-refractivity contribution in [2.75, 3.05) is 26.5 Å². The van der Waals surface area contributed by atoms with Crippen LogP contribution in [0.2, 0.25) is 0 Å². The van der Waals surface area contributed by atoms with Gasteiger partial charge in [-0.3, -0.25) is 4.79 Å². The number of benzene rings is 2. The smallest absolute Gasteiger partial charge is 0.242 e. The van der Waals surface area contributed by atoms with Crippen LogP contribution in [0.5, 0.6) is 5.75 Å². The number of carbonyl (C=O) groups excluding carboxylic acids is 1. The van der Waals surface area contributed by atoms with Crippen LogP contribution < -0.4 is 10.1 Å². The highest BCUT2D eigenvalue weighted by Gasteiger charge is 2.17. The van der Waals surface area contributed by atoms with Gasteiger partial charge in [0.2, 0.25) is 15.9 Å². The summed E-state index contributed by atoms with van der Waals surface area (Å²) >= 11 is 0. The quantitative estimate of drug-likeness (QED) is 0.821. The molecule has 2 aromatic carbocycles. The van der Waals surface area contributed by atoms with Crippen LogP contribution in [-0.2, 0) is 21.2 Å². The molecule has 1 N–H and O–H groups in total. The first-order valence-electron chi connectivity index (χ1n) is 7.78. The summed E-state index contributed by atoms with van der Waals surface area (Å²) < 4.78 is 30.6. The second-order valence-electron chi connectivity index (χ2n) is 5.71. The first kappa shape index (κ1) is 19.0. The van der Waals surface area contributed by atoms with Crippen LogP contribution in [0.15, 0.2) is 53.4 Å². The van der Waals surface area contributed by atoms with E-state index in [9.17, 15) is 13.2 Å². The molecule has 0 spiro atoms. The van der Waals surface area contributed by atoms with Crippen molar-refractivity contribution < 1.29 is 17.9 Å². The van der Waals surface area contributed by atoms with Gasteiger partial charge in [-0.1, -0.05) is 18.2 Å². The molecule has 0 saturated carbocycles. The van der Waals surface area contributed by atoms with Gasteiger partial charge < -0.3 is 10.1 Å². The Morgan fingerprint density at radius 1 is 1.12 bits per heavy atom. The van der Waals surface area contributed by atoms with Gasteiger partial charge in [-0.25, -0.2) is 12.7 Å². The van der Waals surface area contributed by atoms with Gasteiger partial charge in [0.05, 0.1) is 12.0 Å². The molecule has 2 aromatic rings. The van der Waals surface area contributed by atoms with Crippen LogP contribution in [-0.4, -0.2) is 39.8 Å². The van der Waals surface area contributed by atoms with Crippen LogP contribution in [0.25, 0.3) is 0 Å². The lowest BCUT2D eigenvalue weighted by Gasteiger charge is -2.12. The molecule has 0 radical (unpaired) electrons. The molecule has 0 aliphatic carbocycles. The standard InChI is InChI=1S/C18H22N2O4S/c1-20(2)25(22,23)17-9-5-7-15(13-17)19-18(21)11-10-14-6-4-8-16(12-14)24-3/h4-9,12-13H,10-11H2,1-3H3,(H,19,21).